The number of hydrogen-bond acceptors (Lipinski definition) is 2. The van der Waals surface area contributed by atoms with E-state index in [0.717, 1.165) is 18.4 Å². The Hall–Kier alpha value is -1.04. The predicted octanol–water partition coefficient (Wildman–Crippen LogP) is 2.54. The summed E-state index contributed by atoms with van der Waals surface area (Å²) in [5.41, 5.74) is 6.91. The van der Waals surface area contributed by atoms with Crippen molar-refractivity contribution < 1.29 is 0 Å². The van der Waals surface area contributed by atoms with Crippen molar-refractivity contribution in [3.63, 3.8) is 0 Å². The molecule has 14 heavy (non-hydrogen) atoms. The van der Waals surface area contributed by atoms with Crippen LogP contribution >= 0.6 is 11.6 Å². The van der Waals surface area contributed by atoms with Gasteiger partial charge in [-0.05, 0) is 25.0 Å². The number of rotatable bonds is 3. The van der Waals surface area contributed by atoms with Gasteiger partial charge in [0.25, 0.3) is 0 Å². The molecule has 1 rings (SSSR count). The summed E-state index contributed by atoms with van der Waals surface area (Å²) in [7, 11) is 0. The van der Waals surface area contributed by atoms with Crippen LogP contribution in [0.25, 0.3) is 0 Å². The molecule has 0 aliphatic heterocycles. The number of aromatic nitrogens is 1. The van der Waals surface area contributed by atoms with Crippen molar-refractivity contribution in [1.29, 1.82) is 0 Å². The molecule has 1 heterocycles. The highest BCUT2D eigenvalue weighted by Gasteiger charge is 2.05. The minimum atomic E-state index is -0.0259. The van der Waals surface area contributed by atoms with Crippen LogP contribution in [-0.2, 0) is 0 Å². The Labute approximate surface area is 89.5 Å². The molecule has 1 atom stereocenters. The third kappa shape index (κ3) is 3.37. The summed E-state index contributed by atoms with van der Waals surface area (Å²) in [5, 5.41) is 0.625. The summed E-state index contributed by atoms with van der Waals surface area (Å²) in [6.07, 6.45) is 4.99. The van der Waals surface area contributed by atoms with Gasteiger partial charge in [-0.2, -0.15) is 0 Å². The molecule has 2 nitrogen and oxygen atoms in total. The molecule has 0 saturated heterocycles. The Morgan fingerprint density at radius 1 is 1.57 bits per heavy atom. The summed E-state index contributed by atoms with van der Waals surface area (Å²) >= 11 is 5.80. The van der Waals surface area contributed by atoms with E-state index in [0.29, 0.717) is 5.02 Å². The molecule has 0 amide bonds. The second-order valence-corrected chi connectivity index (χ2v) is 3.44. The number of nitrogens with zero attached hydrogens (tertiary/aromatic N) is 1. The van der Waals surface area contributed by atoms with E-state index in [1.807, 2.05) is 13.0 Å². The van der Waals surface area contributed by atoms with Gasteiger partial charge in [0, 0.05) is 24.9 Å². The first-order chi connectivity index (χ1) is 6.74. The Morgan fingerprint density at radius 2 is 2.36 bits per heavy atom. The summed E-state index contributed by atoms with van der Waals surface area (Å²) in [6.45, 7) is 1.83. The van der Waals surface area contributed by atoms with Crippen molar-refractivity contribution in [3.8, 4) is 11.8 Å². The second-order valence-electron chi connectivity index (χ2n) is 3.01. The minimum Gasteiger partial charge on any atom is -0.324 e. The van der Waals surface area contributed by atoms with Gasteiger partial charge in [-0.15, -0.1) is 11.8 Å². The Bertz CT molecular complexity index is 352. The van der Waals surface area contributed by atoms with E-state index in [1.165, 1.54) is 0 Å². The summed E-state index contributed by atoms with van der Waals surface area (Å²) in [6, 6.07) is 1.82. The molecule has 2 N–H and O–H groups in total. The van der Waals surface area contributed by atoms with Gasteiger partial charge in [-0.25, -0.2) is 0 Å². The average Bonchev–Trinajstić information content (AvgIpc) is 2.18. The first-order valence-electron chi connectivity index (χ1n) is 4.49. The SMILES string of the molecule is CC#CCCC(N)c1cncc(Cl)c1. The highest BCUT2D eigenvalue weighted by Crippen LogP contribution is 2.17. The number of halogens is 1. The molecule has 0 radical (unpaired) electrons. The molecule has 1 aromatic rings. The lowest BCUT2D eigenvalue weighted by atomic mass is 10.1. The molecule has 0 aromatic carbocycles. The first kappa shape index (κ1) is 11.0. The summed E-state index contributed by atoms with van der Waals surface area (Å²) in [5.74, 6) is 5.82. The van der Waals surface area contributed by atoms with Gasteiger partial charge in [0.05, 0.1) is 5.02 Å². The lowest BCUT2D eigenvalue weighted by Gasteiger charge is -2.09. The molecule has 0 saturated carbocycles. The number of hydrogen-bond donors (Lipinski definition) is 1. The van der Waals surface area contributed by atoms with E-state index in [4.69, 9.17) is 17.3 Å². The fourth-order valence-electron chi connectivity index (χ4n) is 1.15. The van der Waals surface area contributed by atoms with Gasteiger partial charge in [0.1, 0.15) is 0 Å². The normalized spacial score (nSPS) is 11.6. The van der Waals surface area contributed by atoms with E-state index in [2.05, 4.69) is 16.8 Å². The van der Waals surface area contributed by atoms with Crippen molar-refractivity contribution in [3.05, 3.63) is 29.0 Å². The molecule has 1 unspecified atom stereocenters. The zero-order chi connectivity index (χ0) is 10.4. The fourth-order valence-corrected chi connectivity index (χ4v) is 1.33. The summed E-state index contributed by atoms with van der Waals surface area (Å²) < 4.78 is 0. The number of pyridine rings is 1. The van der Waals surface area contributed by atoms with Crippen molar-refractivity contribution >= 4 is 11.6 Å². The van der Waals surface area contributed by atoms with Crippen LogP contribution in [0.5, 0.6) is 0 Å². The van der Waals surface area contributed by atoms with Crippen molar-refractivity contribution in [2.75, 3.05) is 0 Å². The third-order valence-electron chi connectivity index (χ3n) is 1.91. The van der Waals surface area contributed by atoms with Crippen molar-refractivity contribution in [1.82, 2.24) is 4.98 Å². The molecule has 0 bridgehead atoms. The second kappa shape index (κ2) is 5.64. The maximum Gasteiger partial charge on any atom is 0.0592 e. The van der Waals surface area contributed by atoms with E-state index in [-0.39, 0.29) is 6.04 Å². The van der Waals surface area contributed by atoms with Crippen LogP contribution in [0.15, 0.2) is 18.5 Å². The van der Waals surface area contributed by atoms with Crippen LogP contribution in [0.2, 0.25) is 5.02 Å². The van der Waals surface area contributed by atoms with Gasteiger partial charge in [-0.3, -0.25) is 4.98 Å². The quantitative estimate of drug-likeness (QED) is 0.776. The van der Waals surface area contributed by atoms with Crippen LogP contribution in [0.4, 0.5) is 0 Å². The molecular formula is C11H13ClN2. The van der Waals surface area contributed by atoms with Crippen LogP contribution in [0.1, 0.15) is 31.4 Å². The highest BCUT2D eigenvalue weighted by molar-refractivity contribution is 6.30. The molecular weight excluding hydrogens is 196 g/mol. The minimum absolute atomic E-state index is 0.0259. The van der Waals surface area contributed by atoms with E-state index in [1.54, 1.807) is 12.4 Å². The first-order valence-corrected chi connectivity index (χ1v) is 4.87. The van der Waals surface area contributed by atoms with Gasteiger partial charge >= 0.3 is 0 Å². The molecule has 0 aliphatic rings. The van der Waals surface area contributed by atoms with E-state index < -0.39 is 0 Å². The summed E-state index contributed by atoms with van der Waals surface area (Å²) in [4.78, 5) is 3.99. The monoisotopic (exact) mass is 208 g/mol. The lowest BCUT2D eigenvalue weighted by molar-refractivity contribution is 0.665. The molecule has 0 spiro atoms. The largest absolute Gasteiger partial charge is 0.324 e. The molecule has 0 fully saturated rings. The number of nitrogens with two attached hydrogens (primary N) is 1. The third-order valence-corrected chi connectivity index (χ3v) is 2.12. The predicted molar refractivity (Wildman–Crippen MR) is 58.9 cm³/mol. The van der Waals surface area contributed by atoms with Gasteiger partial charge in [0.2, 0.25) is 0 Å². The Kier molecular flexibility index (Phi) is 4.45. The maximum absolute atomic E-state index is 5.94. The average molecular weight is 209 g/mol. The topological polar surface area (TPSA) is 38.9 Å². The van der Waals surface area contributed by atoms with E-state index >= 15 is 0 Å². The molecule has 74 valence electrons. The Morgan fingerprint density at radius 3 is 3.00 bits per heavy atom. The van der Waals surface area contributed by atoms with Gasteiger partial charge in [-0.1, -0.05) is 11.6 Å². The van der Waals surface area contributed by atoms with Crippen LogP contribution < -0.4 is 5.73 Å². The van der Waals surface area contributed by atoms with E-state index in [9.17, 15) is 0 Å². The smallest absolute Gasteiger partial charge is 0.0592 e. The van der Waals surface area contributed by atoms with Gasteiger partial charge in [0.15, 0.2) is 0 Å². The highest BCUT2D eigenvalue weighted by atomic mass is 35.5. The zero-order valence-corrected chi connectivity index (χ0v) is 8.88. The van der Waals surface area contributed by atoms with Gasteiger partial charge < -0.3 is 5.73 Å². The molecule has 1 aromatic heterocycles. The zero-order valence-electron chi connectivity index (χ0n) is 8.13. The maximum atomic E-state index is 5.94. The van der Waals surface area contributed by atoms with Crippen LogP contribution in [0.3, 0.4) is 0 Å². The molecule has 3 heteroatoms. The van der Waals surface area contributed by atoms with Crippen LogP contribution in [0, 0.1) is 11.8 Å². The molecule has 0 aliphatic carbocycles. The Balaban J connectivity index is 2.58. The lowest BCUT2D eigenvalue weighted by Crippen LogP contribution is -2.10. The van der Waals surface area contributed by atoms with Crippen LogP contribution in [-0.4, -0.2) is 4.98 Å². The van der Waals surface area contributed by atoms with Crippen molar-refractivity contribution in [2.24, 2.45) is 5.73 Å². The fraction of sp³-hybridized carbons (Fsp3) is 0.364. The van der Waals surface area contributed by atoms with Crippen molar-refractivity contribution in [2.45, 2.75) is 25.8 Å². The standard InChI is InChI=1S/C11H13ClN2/c1-2-3-4-5-11(13)9-6-10(12)8-14-7-9/h6-8,11H,4-5,13H2,1H3.